The van der Waals surface area contributed by atoms with Gasteiger partial charge >= 0.3 is 0 Å². The Morgan fingerprint density at radius 1 is 0.939 bits per heavy atom. The summed E-state index contributed by atoms with van der Waals surface area (Å²) in [4.78, 5) is 27.5. The van der Waals surface area contributed by atoms with E-state index in [4.69, 9.17) is 10.2 Å². The second-order valence-electron chi connectivity index (χ2n) is 8.68. The van der Waals surface area contributed by atoms with E-state index in [0.29, 0.717) is 24.4 Å². The molecule has 33 heavy (non-hydrogen) atoms. The lowest BCUT2D eigenvalue weighted by Gasteiger charge is -2.34. The number of hydrogen-bond donors (Lipinski definition) is 2. The molecule has 172 valence electrons. The van der Waals surface area contributed by atoms with Crippen molar-refractivity contribution in [3.63, 3.8) is 0 Å². The third-order valence-electron chi connectivity index (χ3n) is 6.22. The summed E-state index contributed by atoms with van der Waals surface area (Å²) in [5.74, 6) is 0.0801. The van der Waals surface area contributed by atoms with Crippen molar-refractivity contribution in [3.05, 3.63) is 89.9 Å². The van der Waals surface area contributed by atoms with Crippen LogP contribution in [-0.2, 0) is 17.8 Å². The first kappa shape index (κ1) is 22.8. The van der Waals surface area contributed by atoms with Crippen LogP contribution >= 0.6 is 0 Å². The van der Waals surface area contributed by atoms with Crippen molar-refractivity contribution in [2.75, 3.05) is 5.32 Å². The Labute approximate surface area is 194 Å². The van der Waals surface area contributed by atoms with Crippen LogP contribution in [0.25, 0.3) is 0 Å². The van der Waals surface area contributed by atoms with Crippen LogP contribution in [0.4, 0.5) is 5.69 Å². The smallest absolute Gasteiger partial charge is 0.290 e. The van der Waals surface area contributed by atoms with Crippen molar-refractivity contribution in [1.29, 1.82) is 0 Å². The zero-order chi connectivity index (χ0) is 23.0. The summed E-state index contributed by atoms with van der Waals surface area (Å²) in [7, 11) is 0. The maximum absolute atomic E-state index is 13.1. The highest BCUT2D eigenvalue weighted by Crippen LogP contribution is 2.26. The summed E-state index contributed by atoms with van der Waals surface area (Å²) in [5.41, 5.74) is 8.81. The lowest BCUT2D eigenvalue weighted by atomic mass is 9.93. The molecule has 1 heterocycles. The van der Waals surface area contributed by atoms with E-state index in [-0.39, 0.29) is 17.9 Å². The lowest BCUT2D eigenvalue weighted by molar-refractivity contribution is -0.117. The van der Waals surface area contributed by atoms with Gasteiger partial charge in [0, 0.05) is 18.3 Å². The van der Waals surface area contributed by atoms with Crippen LogP contribution in [0.1, 0.15) is 53.8 Å². The van der Waals surface area contributed by atoms with Gasteiger partial charge in [-0.1, -0.05) is 61.7 Å². The van der Waals surface area contributed by atoms with Gasteiger partial charge in [-0.2, -0.15) is 0 Å². The molecular formula is C27H31N3O3. The zero-order valence-corrected chi connectivity index (χ0v) is 18.8. The fraction of sp³-hybridized carbons (Fsp3) is 0.333. The first-order valence-electron chi connectivity index (χ1n) is 11.6. The van der Waals surface area contributed by atoms with E-state index >= 15 is 0 Å². The van der Waals surface area contributed by atoms with Crippen LogP contribution in [0.2, 0.25) is 0 Å². The summed E-state index contributed by atoms with van der Waals surface area (Å²) >= 11 is 0. The largest absolute Gasteiger partial charge is 0.459 e. The fourth-order valence-electron chi connectivity index (χ4n) is 4.39. The number of nitrogens with two attached hydrogens (primary N) is 1. The van der Waals surface area contributed by atoms with E-state index in [1.54, 1.807) is 12.1 Å². The summed E-state index contributed by atoms with van der Waals surface area (Å²) < 4.78 is 5.38. The molecule has 0 unspecified atom stereocenters. The molecule has 3 N–H and O–H groups in total. The number of anilines is 1. The van der Waals surface area contributed by atoms with Gasteiger partial charge in [0.15, 0.2) is 5.76 Å². The van der Waals surface area contributed by atoms with E-state index in [1.165, 1.54) is 12.7 Å². The molecule has 3 aromatic rings. The standard InChI is InChI=1S/C27H31N3O3/c28-24(18-20-8-3-1-4-9-20)26(31)29-22-15-13-21(14-16-22)19-30(23-10-5-2-6-11-23)27(32)25-12-7-17-33-25/h1,3-4,7-9,12-17,23-24H,2,5-6,10-11,18-19,28H2,(H,29,31)/t24-/m0/s1. The van der Waals surface area contributed by atoms with Crippen molar-refractivity contribution in [2.45, 2.75) is 57.2 Å². The zero-order valence-electron chi connectivity index (χ0n) is 18.8. The molecule has 2 aromatic carbocycles. The fourth-order valence-corrected chi connectivity index (χ4v) is 4.39. The van der Waals surface area contributed by atoms with E-state index in [0.717, 1.165) is 36.8 Å². The molecule has 0 saturated heterocycles. The van der Waals surface area contributed by atoms with Crippen LogP contribution < -0.4 is 11.1 Å². The Hall–Kier alpha value is -3.38. The van der Waals surface area contributed by atoms with Crippen molar-refractivity contribution < 1.29 is 14.0 Å². The predicted octanol–water partition coefficient (Wildman–Crippen LogP) is 4.76. The SMILES string of the molecule is N[C@@H](Cc1ccccc1)C(=O)Nc1ccc(CN(C(=O)c2ccco2)C2CCCCC2)cc1. The third kappa shape index (κ3) is 6.11. The van der Waals surface area contributed by atoms with Gasteiger partial charge in [-0.25, -0.2) is 0 Å². The minimum absolute atomic E-state index is 0.0730. The molecule has 6 heteroatoms. The molecule has 0 spiro atoms. The summed E-state index contributed by atoms with van der Waals surface area (Å²) in [6, 6.07) is 20.4. The molecular weight excluding hydrogens is 414 g/mol. The van der Waals surface area contributed by atoms with Gasteiger partial charge in [0.1, 0.15) is 0 Å². The Kier molecular flexibility index (Phi) is 7.58. The van der Waals surface area contributed by atoms with Crippen LogP contribution in [0.3, 0.4) is 0 Å². The van der Waals surface area contributed by atoms with Gasteiger partial charge in [0.25, 0.3) is 5.91 Å². The van der Waals surface area contributed by atoms with Crippen LogP contribution in [-0.4, -0.2) is 28.8 Å². The molecule has 2 amide bonds. The molecule has 6 nitrogen and oxygen atoms in total. The highest BCUT2D eigenvalue weighted by molar-refractivity contribution is 5.95. The first-order chi connectivity index (χ1) is 16.1. The van der Waals surface area contributed by atoms with Crippen molar-refractivity contribution in [2.24, 2.45) is 5.73 Å². The maximum Gasteiger partial charge on any atom is 0.290 e. The number of amides is 2. The topological polar surface area (TPSA) is 88.6 Å². The Morgan fingerprint density at radius 3 is 2.33 bits per heavy atom. The van der Waals surface area contributed by atoms with E-state index < -0.39 is 6.04 Å². The quantitative estimate of drug-likeness (QED) is 0.523. The van der Waals surface area contributed by atoms with Crippen LogP contribution in [0.5, 0.6) is 0 Å². The number of furan rings is 1. The van der Waals surface area contributed by atoms with Crippen LogP contribution in [0.15, 0.2) is 77.4 Å². The predicted molar refractivity (Wildman–Crippen MR) is 129 cm³/mol. The Balaban J connectivity index is 1.39. The number of nitrogens with one attached hydrogen (secondary N) is 1. The third-order valence-corrected chi connectivity index (χ3v) is 6.22. The monoisotopic (exact) mass is 445 g/mol. The summed E-state index contributed by atoms with van der Waals surface area (Å²) in [6.07, 6.45) is 7.55. The number of carbonyl (C=O) groups excluding carboxylic acids is 2. The number of carbonyl (C=O) groups is 2. The average molecular weight is 446 g/mol. The molecule has 0 bridgehead atoms. The van der Waals surface area contributed by atoms with E-state index in [2.05, 4.69) is 5.32 Å². The van der Waals surface area contributed by atoms with Gasteiger partial charge in [-0.15, -0.1) is 0 Å². The minimum Gasteiger partial charge on any atom is -0.459 e. The average Bonchev–Trinajstić information content (AvgIpc) is 3.39. The van der Waals surface area contributed by atoms with Crippen molar-refractivity contribution >= 4 is 17.5 Å². The Morgan fingerprint density at radius 2 is 1.67 bits per heavy atom. The van der Waals surface area contributed by atoms with Crippen molar-refractivity contribution in [1.82, 2.24) is 4.90 Å². The number of benzene rings is 2. The normalized spacial score (nSPS) is 15.1. The molecule has 4 rings (SSSR count). The van der Waals surface area contributed by atoms with Gasteiger partial charge in [-0.05, 0) is 54.7 Å². The molecule has 1 fully saturated rings. The molecule has 1 aliphatic carbocycles. The van der Waals surface area contributed by atoms with Gasteiger partial charge in [0.05, 0.1) is 12.3 Å². The van der Waals surface area contributed by atoms with Gasteiger partial charge < -0.3 is 20.4 Å². The van der Waals surface area contributed by atoms with Crippen LogP contribution in [0, 0.1) is 0 Å². The first-order valence-corrected chi connectivity index (χ1v) is 11.6. The Bertz CT molecular complexity index is 1030. The lowest BCUT2D eigenvalue weighted by Crippen LogP contribution is -2.40. The van der Waals surface area contributed by atoms with E-state index in [9.17, 15) is 9.59 Å². The van der Waals surface area contributed by atoms with E-state index in [1.807, 2.05) is 59.5 Å². The molecule has 1 saturated carbocycles. The molecule has 0 radical (unpaired) electrons. The maximum atomic E-state index is 13.1. The molecule has 1 aliphatic rings. The highest BCUT2D eigenvalue weighted by Gasteiger charge is 2.28. The minimum atomic E-state index is -0.625. The second kappa shape index (κ2) is 11.0. The summed E-state index contributed by atoms with van der Waals surface area (Å²) in [5, 5.41) is 2.89. The molecule has 0 aliphatic heterocycles. The van der Waals surface area contributed by atoms with Gasteiger partial charge in [0.2, 0.25) is 5.91 Å². The number of rotatable bonds is 8. The second-order valence-corrected chi connectivity index (χ2v) is 8.68. The van der Waals surface area contributed by atoms with Gasteiger partial charge in [-0.3, -0.25) is 9.59 Å². The highest BCUT2D eigenvalue weighted by atomic mass is 16.3. The number of nitrogens with zero attached hydrogens (tertiary/aromatic N) is 1. The number of hydrogen-bond acceptors (Lipinski definition) is 4. The molecule has 1 aromatic heterocycles. The summed E-state index contributed by atoms with van der Waals surface area (Å²) in [6.45, 7) is 0.506. The molecule has 1 atom stereocenters. The van der Waals surface area contributed by atoms with Crippen molar-refractivity contribution in [3.8, 4) is 0 Å².